The normalized spacial score (nSPS) is 9.56. The standard InChI is InChI=1S/C6H5N3O.C5H12N2O/c10-9-6-4-2-1-3-5(6)7-8-9;1-6(2)5(8)7(3)4/h1-4,10H;1-4H3. The summed E-state index contributed by atoms with van der Waals surface area (Å²) in [5, 5.41) is 16.1. The van der Waals surface area contributed by atoms with Crippen LogP contribution in [0.4, 0.5) is 4.79 Å². The van der Waals surface area contributed by atoms with Gasteiger partial charge >= 0.3 is 6.03 Å². The molecule has 1 N–H and O–H groups in total. The molecule has 0 aliphatic carbocycles. The molecule has 0 fully saturated rings. The number of nitrogens with zero attached hydrogens (tertiary/aromatic N) is 5. The highest BCUT2D eigenvalue weighted by Crippen LogP contribution is 2.06. The Morgan fingerprint density at radius 1 is 1.17 bits per heavy atom. The summed E-state index contributed by atoms with van der Waals surface area (Å²) in [6.07, 6.45) is 0. The minimum Gasteiger partial charge on any atom is -0.410 e. The molecule has 2 rings (SSSR count). The van der Waals surface area contributed by atoms with Crippen molar-refractivity contribution in [2.75, 3.05) is 28.2 Å². The zero-order valence-corrected chi connectivity index (χ0v) is 10.9. The molecule has 0 saturated heterocycles. The maximum Gasteiger partial charge on any atom is 0.318 e. The van der Waals surface area contributed by atoms with Crippen LogP contribution in [0.2, 0.25) is 0 Å². The summed E-state index contributed by atoms with van der Waals surface area (Å²) in [7, 11) is 6.90. The topological polar surface area (TPSA) is 74.5 Å². The van der Waals surface area contributed by atoms with E-state index in [1.54, 1.807) is 40.3 Å². The van der Waals surface area contributed by atoms with Crippen molar-refractivity contribution in [1.82, 2.24) is 25.0 Å². The second-order valence-electron chi connectivity index (χ2n) is 4.04. The van der Waals surface area contributed by atoms with E-state index in [9.17, 15) is 4.79 Å². The number of rotatable bonds is 0. The van der Waals surface area contributed by atoms with Gasteiger partial charge in [-0.05, 0) is 17.3 Å². The fraction of sp³-hybridized carbons (Fsp3) is 0.364. The maximum absolute atomic E-state index is 10.7. The molecule has 18 heavy (non-hydrogen) atoms. The summed E-state index contributed by atoms with van der Waals surface area (Å²) in [4.78, 5) is 14.5. The molecule has 0 spiro atoms. The van der Waals surface area contributed by atoms with Gasteiger partial charge in [-0.2, -0.15) is 0 Å². The van der Waals surface area contributed by atoms with Gasteiger partial charge in [0.05, 0.1) is 0 Å². The molecule has 0 atom stereocenters. The molecule has 0 bridgehead atoms. The number of aromatic nitrogens is 3. The summed E-state index contributed by atoms with van der Waals surface area (Å²) in [6, 6.07) is 7.21. The predicted molar refractivity (Wildman–Crippen MR) is 67.5 cm³/mol. The van der Waals surface area contributed by atoms with Crippen molar-refractivity contribution in [3.8, 4) is 0 Å². The Morgan fingerprint density at radius 3 is 2.17 bits per heavy atom. The van der Waals surface area contributed by atoms with Gasteiger partial charge in [-0.15, -0.1) is 5.10 Å². The first kappa shape index (κ1) is 13.8. The Morgan fingerprint density at radius 2 is 1.72 bits per heavy atom. The first-order valence-corrected chi connectivity index (χ1v) is 5.31. The van der Waals surface area contributed by atoms with E-state index in [0.717, 1.165) is 4.85 Å². The van der Waals surface area contributed by atoms with Gasteiger partial charge in [-0.25, -0.2) is 4.79 Å². The molecule has 7 heteroatoms. The number of amides is 2. The minimum atomic E-state index is 0.0185. The van der Waals surface area contributed by atoms with Crippen LogP contribution in [0, 0.1) is 0 Å². The highest BCUT2D eigenvalue weighted by atomic mass is 16.5. The first-order valence-electron chi connectivity index (χ1n) is 5.31. The van der Waals surface area contributed by atoms with Gasteiger partial charge < -0.3 is 15.0 Å². The lowest BCUT2D eigenvalue weighted by Gasteiger charge is -2.16. The van der Waals surface area contributed by atoms with Crippen LogP contribution in [0.3, 0.4) is 0 Å². The number of carbonyl (C=O) groups excluding carboxylic acids is 1. The third-order valence-electron chi connectivity index (χ3n) is 2.10. The molecule has 2 aromatic rings. The van der Waals surface area contributed by atoms with Crippen molar-refractivity contribution in [3.63, 3.8) is 0 Å². The molecular weight excluding hydrogens is 234 g/mol. The first-order chi connectivity index (χ1) is 8.43. The summed E-state index contributed by atoms with van der Waals surface area (Å²) in [5.74, 6) is 0. The number of benzene rings is 1. The Labute approximate surface area is 105 Å². The van der Waals surface area contributed by atoms with E-state index in [0.29, 0.717) is 11.0 Å². The zero-order valence-electron chi connectivity index (χ0n) is 10.9. The second kappa shape index (κ2) is 5.85. The molecule has 1 aromatic heterocycles. The van der Waals surface area contributed by atoms with E-state index in [1.807, 2.05) is 12.1 Å². The Balaban J connectivity index is 0.000000187. The predicted octanol–water partition coefficient (Wildman–Crippen LogP) is 0.898. The quantitative estimate of drug-likeness (QED) is 0.706. The van der Waals surface area contributed by atoms with Gasteiger partial charge in [0.25, 0.3) is 0 Å². The van der Waals surface area contributed by atoms with Crippen LogP contribution in [-0.2, 0) is 0 Å². The molecular formula is C11H17N5O2. The second-order valence-corrected chi connectivity index (χ2v) is 4.04. The van der Waals surface area contributed by atoms with Gasteiger partial charge in [0.2, 0.25) is 0 Å². The number of fused-ring (bicyclic) bond motifs is 1. The number of carbonyl (C=O) groups is 1. The fourth-order valence-corrected chi connectivity index (χ4v) is 1.26. The monoisotopic (exact) mass is 251 g/mol. The number of urea groups is 1. The van der Waals surface area contributed by atoms with Crippen LogP contribution in [0.1, 0.15) is 0 Å². The number of hydrogen-bond acceptors (Lipinski definition) is 4. The third-order valence-corrected chi connectivity index (χ3v) is 2.10. The smallest absolute Gasteiger partial charge is 0.318 e. The molecule has 98 valence electrons. The summed E-state index contributed by atoms with van der Waals surface area (Å²) < 4.78 is 0. The highest BCUT2D eigenvalue weighted by molar-refractivity contribution is 5.73. The van der Waals surface area contributed by atoms with Crippen LogP contribution < -0.4 is 0 Å². The van der Waals surface area contributed by atoms with Gasteiger partial charge in [0.15, 0.2) is 0 Å². The van der Waals surface area contributed by atoms with Crippen LogP contribution in [0.15, 0.2) is 24.3 Å². The number of hydrogen-bond donors (Lipinski definition) is 1. The molecule has 0 unspecified atom stereocenters. The molecule has 2 amide bonds. The van der Waals surface area contributed by atoms with Crippen molar-refractivity contribution < 1.29 is 10.0 Å². The van der Waals surface area contributed by atoms with Crippen LogP contribution >= 0.6 is 0 Å². The van der Waals surface area contributed by atoms with E-state index in [1.165, 1.54) is 9.80 Å². The fourth-order valence-electron chi connectivity index (χ4n) is 1.26. The third kappa shape index (κ3) is 3.34. The van der Waals surface area contributed by atoms with Gasteiger partial charge in [0.1, 0.15) is 11.0 Å². The lowest BCUT2D eigenvalue weighted by atomic mass is 10.3. The van der Waals surface area contributed by atoms with Crippen LogP contribution in [-0.4, -0.2) is 64.4 Å². The number of para-hydroxylation sites is 1. The van der Waals surface area contributed by atoms with E-state index >= 15 is 0 Å². The Bertz CT molecular complexity index is 511. The average molecular weight is 251 g/mol. The average Bonchev–Trinajstić information content (AvgIpc) is 2.71. The Kier molecular flexibility index (Phi) is 4.47. The highest BCUT2D eigenvalue weighted by Gasteiger charge is 2.02. The van der Waals surface area contributed by atoms with Crippen molar-refractivity contribution >= 4 is 17.1 Å². The van der Waals surface area contributed by atoms with Gasteiger partial charge in [-0.3, -0.25) is 0 Å². The van der Waals surface area contributed by atoms with Crippen molar-refractivity contribution in [2.45, 2.75) is 0 Å². The van der Waals surface area contributed by atoms with Crippen molar-refractivity contribution in [1.29, 1.82) is 0 Å². The summed E-state index contributed by atoms with van der Waals surface area (Å²) in [5.41, 5.74) is 1.33. The minimum absolute atomic E-state index is 0.0185. The van der Waals surface area contributed by atoms with E-state index in [2.05, 4.69) is 10.3 Å². The van der Waals surface area contributed by atoms with E-state index in [-0.39, 0.29) is 6.03 Å². The molecule has 0 saturated carbocycles. The SMILES string of the molecule is CN(C)C(=O)N(C)C.On1nnc2ccccc21. The summed E-state index contributed by atoms with van der Waals surface area (Å²) >= 11 is 0. The molecule has 0 radical (unpaired) electrons. The summed E-state index contributed by atoms with van der Waals surface area (Å²) in [6.45, 7) is 0. The van der Waals surface area contributed by atoms with Crippen molar-refractivity contribution in [2.24, 2.45) is 0 Å². The lowest BCUT2D eigenvalue weighted by molar-refractivity contribution is 0.154. The maximum atomic E-state index is 10.7. The largest absolute Gasteiger partial charge is 0.410 e. The van der Waals surface area contributed by atoms with Crippen molar-refractivity contribution in [3.05, 3.63) is 24.3 Å². The molecule has 7 nitrogen and oxygen atoms in total. The molecule has 1 heterocycles. The zero-order chi connectivity index (χ0) is 13.7. The van der Waals surface area contributed by atoms with Gasteiger partial charge in [0, 0.05) is 28.2 Å². The van der Waals surface area contributed by atoms with E-state index < -0.39 is 0 Å². The van der Waals surface area contributed by atoms with Gasteiger partial charge in [-0.1, -0.05) is 17.0 Å². The van der Waals surface area contributed by atoms with Crippen LogP contribution in [0.5, 0.6) is 0 Å². The Hall–Kier alpha value is -2.31. The van der Waals surface area contributed by atoms with Crippen LogP contribution in [0.25, 0.3) is 11.0 Å². The van der Waals surface area contributed by atoms with E-state index in [4.69, 9.17) is 5.21 Å². The lowest BCUT2D eigenvalue weighted by Crippen LogP contribution is -2.33. The molecule has 1 aromatic carbocycles. The molecule has 0 aliphatic rings. The molecule has 0 aliphatic heterocycles.